The normalized spacial score (nSPS) is 18.5. The van der Waals surface area contributed by atoms with E-state index in [2.05, 4.69) is 19.3 Å². The van der Waals surface area contributed by atoms with Gasteiger partial charge in [-0.05, 0) is 19.9 Å². The van der Waals surface area contributed by atoms with E-state index in [0.717, 1.165) is 41.6 Å². The number of imidazole rings is 1. The second kappa shape index (κ2) is 7.31. The van der Waals surface area contributed by atoms with Crippen molar-refractivity contribution in [3.05, 3.63) is 29.3 Å². The van der Waals surface area contributed by atoms with Gasteiger partial charge in [-0.25, -0.2) is 9.97 Å². The Morgan fingerprint density at radius 2 is 1.75 bits per heavy atom. The van der Waals surface area contributed by atoms with Gasteiger partial charge in [-0.2, -0.15) is 0 Å². The highest BCUT2D eigenvalue weighted by Crippen LogP contribution is 2.15. The zero-order valence-corrected chi connectivity index (χ0v) is 16.2. The number of likely N-dealkylation sites (tertiary alicyclic amines) is 1. The summed E-state index contributed by atoms with van der Waals surface area (Å²) in [6.07, 6.45) is 2.29. The highest BCUT2D eigenvalue weighted by atomic mass is 16.2. The van der Waals surface area contributed by atoms with E-state index in [-0.39, 0.29) is 37.1 Å². The maximum atomic E-state index is 12.5. The Hall–Kier alpha value is -2.81. The average Bonchev–Trinajstić information content (AvgIpc) is 3.20. The van der Waals surface area contributed by atoms with Gasteiger partial charge >= 0.3 is 0 Å². The molecular weight excluding hydrogens is 360 g/mol. The molecule has 0 radical (unpaired) electrons. The molecule has 2 aromatic heterocycles. The van der Waals surface area contributed by atoms with Crippen molar-refractivity contribution in [1.29, 1.82) is 0 Å². The monoisotopic (exact) mass is 384 g/mol. The molecule has 9 heteroatoms. The molecule has 0 saturated carbocycles. The van der Waals surface area contributed by atoms with Crippen LogP contribution >= 0.6 is 0 Å². The van der Waals surface area contributed by atoms with E-state index >= 15 is 0 Å². The van der Waals surface area contributed by atoms with Crippen LogP contribution in [-0.2, 0) is 20.9 Å². The summed E-state index contributed by atoms with van der Waals surface area (Å²) in [5.74, 6) is 0.0578. The number of hydrogen-bond donors (Lipinski definition) is 0. The van der Waals surface area contributed by atoms with E-state index in [4.69, 9.17) is 0 Å². The van der Waals surface area contributed by atoms with Crippen LogP contribution in [0.5, 0.6) is 0 Å². The number of carbonyl (C=O) groups is 3. The number of rotatable bonds is 4. The quantitative estimate of drug-likeness (QED) is 0.697. The maximum Gasteiger partial charge on any atom is 0.242 e. The molecule has 9 nitrogen and oxygen atoms in total. The number of hydrogen-bond acceptors (Lipinski definition) is 6. The second-order valence-electron chi connectivity index (χ2n) is 7.45. The first kappa shape index (κ1) is 18.5. The van der Waals surface area contributed by atoms with Gasteiger partial charge in [-0.1, -0.05) is 0 Å². The minimum absolute atomic E-state index is 0.130. The zero-order chi connectivity index (χ0) is 19.8. The molecule has 0 aliphatic carbocycles. The van der Waals surface area contributed by atoms with Gasteiger partial charge in [0, 0.05) is 57.0 Å². The SMILES string of the molecule is Cc1cc(C)n2c(CN3CCN(C(=O)CN4C(=O)CCC4=O)CC3)cnc2n1. The molecule has 2 saturated heterocycles. The number of carbonyl (C=O) groups excluding carboxylic acids is 3. The van der Waals surface area contributed by atoms with Gasteiger partial charge in [-0.3, -0.25) is 28.6 Å². The van der Waals surface area contributed by atoms with Gasteiger partial charge in [0.1, 0.15) is 6.54 Å². The molecule has 0 bridgehead atoms. The molecule has 2 aliphatic heterocycles. The van der Waals surface area contributed by atoms with Crippen molar-refractivity contribution >= 4 is 23.5 Å². The molecule has 4 heterocycles. The highest BCUT2D eigenvalue weighted by molar-refractivity contribution is 6.04. The summed E-state index contributed by atoms with van der Waals surface area (Å²) < 4.78 is 2.06. The standard InChI is InChI=1S/C19H24N6O3/c1-13-9-14(2)25-15(10-20-19(25)21-13)11-22-5-7-23(8-6-22)18(28)12-24-16(26)3-4-17(24)27/h9-10H,3-8,11-12H2,1-2H3. The number of fused-ring (bicyclic) bond motifs is 1. The van der Waals surface area contributed by atoms with Gasteiger partial charge in [0.25, 0.3) is 0 Å². The number of aryl methyl sites for hydroxylation is 2. The minimum Gasteiger partial charge on any atom is -0.339 e. The van der Waals surface area contributed by atoms with Crippen LogP contribution in [0.25, 0.3) is 5.78 Å². The lowest BCUT2D eigenvalue weighted by molar-refractivity contribution is -0.146. The van der Waals surface area contributed by atoms with Gasteiger partial charge < -0.3 is 4.90 Å². The van der Waals surface area contributed by atoms with Crippen molar-refractivity contribution in [3.63, 3.8) is 0 Å². The number of amides is 3. The third kappa shape index (κ3) is 3.49. The highest BCUT2D eigenvalue weighted by Gasteiger charge is 2.32. The molecule has 2 aromatic rings. The summed E-state index contributed by atoms with van der Waals surface area (Å²) in [6, 6.07) is 2.04. The molecule has 0 spiro atoms. The van der Waals surface area contributed by atoms with Crippen LogP contribution in [-0.4, -0.2) is 79.5 Å². The first-order valence-electron chi connectivity index (χ1n) is 9.56. The van der Waals surface area contributed by atoms with Crippen LogP contribution in [0, 0.1) is 13.8 Å². The van der Waals surface area contributed by atoms with Gasteiger partial charge in [0.15, 0.2) is 0 Å². The minimum atomic E-state index is -0.246. The smallest absolute Gasteiger partial charge is 0.242 e. The first-order chi connectivity index (χ1) is 13.4. The van der Waals surface area contributed by atoms with Crippen molar-refractivity contribution in [2.45, 2.75) is 33.2 Å². The zero-order valence-electron chi connectivity index (χ0n) is 16.2. The molecule has 28 heavy (non-hydrogen) atoms. The average molecular weight is 384 g/mol. The molecule has 0 unspecified atom stereocenters. The van der Waals surface area contributed by atoms with Crippen molar-refractivity contribution in [2.24, 2.45) is 0 Å². The lowest BCUT2D eigenvalue weighted by Gasteiger charge is -2.35. The maximum absolute atomic E-state index is 12.5. The molecule has 3 amide bonds. The summed E-state index contributed by atoms with van der Waals surface area (Å²) in [4.78, 5) is 49.8. The number of nitrogens with zero attached hydrogens (tertiary/aromatic N) is 6. The molecule has 2 aliphatic rings. The van der Waals surface area contributed by atoms with E-state index in [9.17, 15) is 14.4 Å². The Balaban J connectivity index is 1.35. The Kier molecular flexibility index (Phi) is 4.84. The largest absolute Gasteiger partial charge is 0.339 e. The molecular formula is C19H24N6O3. The van der Waals surface area contributed by atoms with Crippen LogP contribution in [0.3, 0.4) is 0 Å². The van der Waals surface area contributed by atoms with Crippen LogP contribution in [0.2, 0.25) is 0 Å². The summed E-state index contributed by atoms with van der Waals surface area (Å²) in [5, 5.41) is 0. The van der Waals surface area contributed by atoms with E-state index in [1.807, 2.05) is 26.1 Å². The summed E-state index contributed by atoms with van der Waals surface area (Å²) in [6.45, 7) is 7.25. The predicted molar refractivity (Wildman–Crippen MR) is 100 cm³/mol. The summed E-state index contributed by atoms with van der Waals surface area (Å²) >= 11 is 0. The molecule has 4 rings (SSSR count). The van der Waals surface area contributed by atoms with Crippen molar-refractivity contribution in [1.82, 2.24) is 29.1 Å². The summed E-state index contributed by atoms with van der Waals surface area (Å²) in [5.41, 5.74) is 3.13. The molecule has 0 N–H and O–H groups in total. The third-order valence-corrected chi connectivity index (χ3v) is 5.42. The number of imide groups is 1. The fourth-order valence-corrected chi connectivity index (χ4v) is 3.93. The lowest BCUT2D eigenvalue weighted by atomic mass is 10.2. The number of aromatic nitrogens is 3. The Bertz CT molecular complexity index is 929. The Labute approximate surface area is 162 Å². The van der Waals surface area contributed by atoms with Crippen molar-refractivity contribution < 1.29 is 14.4 Å². The van der Waals surface area contributed by atoms with E-state index < -0.39 is 0 Å². The molecule has 2 fully saturated rings. The Morgan fingerprint density at radius 3 is 2.43 bits per heavy atom. The summed E-state index contributed by atoms with van der Waals surface area (Å²) in [7, 11) is 0. The first-order valence-corrected chi connectivity index (χ1v) is 9.56. The Morgan fingerprint density at radius 1 is 1.07 bits per heavy atom. The van der Waals surface area contributed by atoms with Gasteiger partial charge in [0.2, 0.25) is 23.5 Å². The van der Waals surface area contributed by atoms with Gasteiger partial charge in [0.05, 0.1) is 11.9 Å². The third-order valence-electron chi connectivity index (χ3n) is 5.42. The van der Waals surface area contributed by atoms with Crippen LogP contribution in [0.4, 0.5) is 0 Å². The van der Waals surface area contributed by atoms with E-state index in [0.29, 0.717) is 18.9 Å². The molecule has 0 atom stereocenters. The second-order valence-corrected chi connectivity index (χ2v) is 7.45. The number of piperazine rings is 1. The molecule has 0 aromatic carbocycles. The van der Waals surface area contributed by atoms with Crippen molar-refractivity contribution in [2.75, 3.05) is 32.7 Å². The van der Waals surface area contributed by atoms with Gasteiger partial charge in [-0.15, -0.1) is 0 Å². The lowest BCUT2D eigenvalue weighted by Crippen LogP contribution is -2.51. The van der Waals surface area contributed by atoms with Crippen LogP contribution < -0.4 is 0 Å². The molecule has 148 valence electrons. The fourth-order valence-electron chi connectivity index (χ4n) is 3.93. The van der Waals surface area contributed by atoms with Crippen LogP contribution in [0.1, 0.15) is 29.9 Å². The topological polar surface area (TPSA) is 91.1 Å². The van der Waals surface area contributed by atoms with Crippen molar-refractivity contribution in [3.8, 4) is 0 Å². The predicted octanol–water partition coefficient (Wildman–Crippen LogP) is 0.139. The fraction of sp³-hybridized carbons (Fsp3) is 0.526. The van der Waals surface area contributed by atoms with Crippen LogP contribution in [0.15, 0.2) is 12.3 Å². The van der Waals surface area contributed by atoms with E-state index in [1.54, 1.807) is 4.90 Å². The van der Waals surface area contributed by atoms with E-state index in [1.165, 1.54) is 0 Å².